The first kappa shape index (κ1) is 72.0. The molecule has 0 saturated heterocycles. The molecule has 24 atom stereocenters. The maximum absolute atomic E-state index is 14.2. The van der Waals surface area contributed by atoms with Crippen LogP contribution in [-0.2, 0) is 18.9 Å². The quantitative estimate of drug-likeness (QED) is 0.00969. The highest BCUT2D eigenvalue weighted by atomic mass is 32.2. The van der Waals surface area contributed by atoms with E-state index >= 15 is 0 Å². The van der Waals surface area contributed by atoms with Crippen molar-refractivity contribution in [1.29, 1.82) is 0 Å². The Hall–Kier alpha value is -9.52. The van der Waals surface area contributed by atoms with E-state index in [4.69, 9.17) is 58.1 Å². The van der Waals surface area contributed by atoms with E-state index in [2.05, 4.69) is 107 Å². The van der Waals surface area contributed by atoms with E-state index in [0.29, 0.717) is 97.8 Å². The number of hydrogen-bond donors (Lipinski definition) is 16. The van der Waals surface area contributed by atoms with Gasteiger partial charge in [-0.2, -0.15) is 0 Å². The van der Waals surface area contributed by atoms with Crippen LogP contribution in [-0.4, -0.2) is 334 Å². The molecule has 8 fully saturated rings. The zero-order valence-corrected chi connectivity index (χ0v) is 81.2. The van der Waals surface area contributed by atoms with Crippen molar-refractivity contribution in [2.75, 3.05) is 96.9 Å². The maximum atomic E-state index is 14.2. The second kappa shape index (κ2) is 47.3. The molecular weight excluding hydrogens is 1950 g/mol. The van der Waals surface area contributed by atoms with Crippen LogP contribution in [0.25, 0.3) is 44.7 Å². The van der Waals surface area contributed by atoms with E-state index in [-0.39, 0.29) is 153 Å². The summed E-state index contributed by atoms with van der Waals surface area (Å²) >= 11 is 4.78. The number of aliphatic hydroxyl groups is 12. The lowest BCUT2D eigenvalue weighted by Crippen LogP contribution is -2.33. The minimum atomic E-state index is -4.22. The van der Waals surface area contributed by atoms with Crippen LogP contribution in [0.4, 0.5) is 40.8 Å². The van der Waals surface area contributed by atoms with Gasteiger partial charge in [-0.05, 0) is 148 Å². The third kappa shape index (κ3) is 23.8. The Kier molecular flexibility index (Phi) is 23.7. The zero-order chi connectivity index (χ0) is 131. The minimum absolute atomic E-state index is 0.0392. The van der Waals surface area contributed by atoms with Crippen LogP contribution in [0.15, 0.2) is 93.4 Å². The van der Waals surface area contributed by atoms with Crippen molar-refractivity contribution >= 4 is 115 Å². The topological polar surface area (TPSA) is 554 Å². The van der Waals surface area contributed by atoms with Crippen LogP contribution in [0.5, 0.6) is 0 Å². The Morgan fingerprint density at radius 2 is 0.611 bits per heavy atom. The molecular formula is C96H124F4N24O16S4. The maximum Gasteiger partial charge on any atom is 0.191 e. The van der Waals surface area contributed by atoms with Crippen molar-refractivity contribution < 1.29 is 142 Å². The van der Waals surface area contributed by atoms with Crippen molar-refractivity contribution in [3.63, 3.8) is 0 Å². The van der Waals surface area contributed by atoms with Gasteiger partial charge in [0.05, 0.1) is 134 Å². The molecule has 144 heavy (non-hydrogen) atoms. The molecule has 0 radical (unpaired) electrons. The molecule has 40 nitrogen and oxygen atoms in total. The lowest BCUT2D eigenvalue weighted by atomic mass is 10.1. The number of nitrogens with zero attached hydrogens (tertiary/aromatic N) is 20. The Labute approximate surface area is 888 Å². The van der Waals surface area contributed by atoms with Crippen molar-refractivity contribution in [2.45, 2.75) is 298 Å². The molecule has 0 aliphatic heterocycles. The average Bonchev–Trinajstić information content (AvgIpc) is 1.49. The second-order valence-electron chi connectivity index (χ2n) is 33.7. The van der Waals surface area contributed by atoms with Gasteiger partial charge in [0.1, 0.15) is 71.9 Å². The number of hydrogen-bond acceptors (Lipinski definition) is 40. The van der Waals surface area contributed by atoms with Crippen LogP contribution in [0.1, 0.15) is 241 Å². The fourth-order valence-electron chi connectivity index (χ4n) is 15.4. The summed E-state index contributed by atoms with van der Waals surface area (Å²) < 4.78 is 344. The zero-order valence-electron chi connectivity index (χ0n) is 110. The molecule has 12 aromatic rings. The van der Waals surface area contributed by atoms with Gasteiger partial charge in [-0.25, -0.2) is 76.2 Å². The molecule has 0 spiro atoms. The summed E-state index contributed by atoms with van der Waals surface area (Å²) in [5.41, 5.74) is 3.03. The summed E-state index contributed by atoms with van der Waals surface area (Å²) in [6.07, 6.45) is -56.4. The monoisotopic (exact) mass is 2110 g/mol. The molecule has 8 heterocycles. The molecule has 8 aliphatic rings. The van der Waals surface area contributed by atoms with Crippen LogP contribution >= 0.6 is 47.0 Å². The molecule has 776 valence electrons. The molecule has 0 bridgehead atoms. The van der Waals surface area contributed by atoms with Crippen molar-refractivity contribution in [3.8, 4) is 0 Å². The Morgan fingerprint density at radius 3 is 0.847 bits per heavy atom. The van der Waals surface area contributed by atoms with Gasteiger partial charge in [-0.1, -0.05) is 144 Å². The summed E-state index contributed by atoms with van der Waals surface area (Å²) in [7, 11) is 0. The van der Waals surface area contributed by atoms with Crippen LogP contribution in [0, 0.1) is 51.0 Å². The smallest absolute Gasteiger partial charge is 0.191 e. The highest BCUT2D eigenvalue weighted by Crippen LogP contribution is 2.50. The van der Waals surface area contributed by atoms with Gasteiger partial charge >= 0.3 is 0 Å². The lowest BCUT2D eigenvalue weighted by Gasteiger charge is -2.17. The first-order chi connectivity index (χ1) is 81.1. The van der Waals surface area contributed by atoms with Crippen molar-refractivity contribution in [2.24, 2.45) is 0 Å². The third-order valence-electron chi connectivity index (χ3n) is 23.3. The van der Waals surface area contributed by atoms with Gasteiger partial charge in [0.2, 0.25) is 0 Å². The molecule has 8 aliphatic carbocycles. The van der Waals surface area contributed by atoms with E-state index in [0.717, 1.165) is 46.9 Å². The molecule has 16 N–H and O–H groups in total. The Bertz CT molecular complexity index is 8250. The second-order valence-corrected chi connectivity index (χ2v) is 37.9. The summed E-state index contributed by atoms with van der Waals surface area (Å²) in [6.45, 7) is -4.36. The first-order valence-electron chi connectivity index (χ1n) is 61.4. The summed E-state index contributed by atoms with van der Waals surface area (Å²) in [5.74, 6) is 0.929. The predicted octanol–water partition coefficient (Wildman–Crippen LogP) is 8.73. The first-order valence-corrected chi connectivity index (χ1v) is 49.3. The van der Waals surface area contributed by atoms with Crippen molar-refractivity contribution in [3.05, 3.63) is 141 Å². The molecule has 48 heteroatoms. The van der Waals surface area contributed by atoms with Gasteiger partial charge in [-0.3, -0.25) is 0 Å². The van der Waals surface area contributed by atoms with Gasteiger partial charge in [0.25, 0.3) is 0 Å². The number of rotatable bonds is 40. The summed E-state index contributed by atoms with van der Waals surface area (Å²) in [5, 5.41) is 170. The number of fused-ring (bicyclic) bond motifs is 4. The van der Waals surface area contributed by atoms with Crippen LogP contribution in [0.3, 0.4) is 0 Å². The number of aryl methyl sites for hydroxylation is 4. The highest BCUT2D eigenvalue weighted by molar-refractivity contribution is 7.99. The number of halogens is 4. The van der Waals surface area contributed by atoms with E-state index in [1.54, 1.807) is 58.0 Å². The number of nitrogens with one attached hydrogen (secondary N) is 4. The molecule has 8 aromatic heterocycles. The highest BCUT2D eigenvalue weighted by Gasteiger charge is 2.51. The number of aliphatic hydroxyl groups excluding tert-OH is 2. The van der Waals surface area contributed by atoms with E-state index in [1.807, 2.05) is 45.9 Å². The normalized spacial score (nSPS) is 40.8. The van der Waals surface area contributed by atoms with E-state index in [1.165, 1.54) is 59.6 Å². The van der Waals surface area contributed by atoms with Gasteiger partial charge < -0.3 is 101 Å². The van der Waals surface area contributed by atoms with Crippen molar-refractivity contribution in [1.82, 2.24) is 99.8 Å². The van der Waals surface area contributed by atoms with E-state index < -0.39 is 186 Å². The SMILES string of the molecule is [2H]C([2H])(CO)O[C@@]1([2H])C([2H])([2H])[C@@]([2H])(n2nnc3c(N[C@@H]4C[C@H]4c4ccc(C)c(F)c4)nc(SCCC)nc32)[C@]([2H])(O)[C@]1([2H])O.[2H]C([2H])(O)C([2H])([2H])O[C@@]1([2H])C([2H])([2H])[C@@]([2H])(n2nnc3c(N[C@@H]4C[C@H]4c4ccc(C)c(F)c4)nc(SCCC)nc32)[C@]([2H])(O)[C@]1([2H])O.[2H]C([2H])(O)CO[C@@]1([2H])C([2H])([2H])[C@@]([2H])(n2nnc3c(N[C@@H]4C[C@H]4c4ccc(C)c(F)c4)nc(SCCC)nc32)[C@]([2H])(O)[C@]1([2H])O.[2H]C1([2H])[C@]([2H])(OCCO)[C@@]([2H])(O)[C@@]([2H])(O)[C@]1([2H])n1nnc2c(N[C@@H]3C[C@H]3c3ccc(C)c(F)c3)nc(SCCC)nc21. The lowest BCUT2D eigenvalue weighted by molar-refractivity contribution is -0.0629. The number of thioether (sulfide) groups is 4. The Balaban J connectivity index is 0.000000155. The standard InChI is InChI=1S/4C24H31FN6O4S/c4*1-3-8-36-24-27-22(26-16-10-14(16)13-5-4-12(2)15(25)9-13)19-23(28-24)31(30-29-19)17-11-18(35-7-6-32)21(34)20(17)33/h4*4-5,9,14,16-18,20-21,32-34H,3,6-8,10-11H2,1-2H3,(H,26,27,28)/t4*14-,16+,17+,18-,20-,21+/m0000/s1/i6D2,7D2,11D2,17D,18D,20D,21D;7D2,11D2,17D,18D,20D,21D;6D2,11D2,17D,18D,20D,21D;11D2,17D,18D,20D,21D. The Morgan fingerprint density at radius 1 is 0.354 bits per heavy atom. The van der Waals surface area contributed by atoms with Crippen LogP contribution in [0.2, 0.25) is 0 Å². The predicted molar refractivity (Wildman–Crippen MR) is 530 cm³/mol. The molecule has 20 rings (SSSR count). The average molecular weight is 2110 g/mol. The van der Waals surface area contributed by atoms with Gasteiger partial charge in [-0.15, -0.1) is 20.4 Å². The summed E-state index contributed by atoms with van der Waals surface area (Å²) in [4.78, 5) is 35.3. The van der Waals surface area contributed by atoms with Gasteiger partial charge in [0, 0.05) is 107 Å². The molecule has 0 amide bonds. The van der Waals surface area contributed by atoms with E-state index in [9.17, 15) is 78.8 Å². The molecule has 8 saturated carbocycles. The fourth-order valence-corrected chi connectivity index (χ4v) is 18.1. The largest absolute Gasteiger partial charge is 0.394 e. The fraction of sp³-hybridized carbons (Fsp3) is 0.583. The molecule has 0 unspecified atom stereocenters. The summed E-state index contributed by atoms with van der Waals surface area (Å²) in [6, 6.07) is 4.60. The number of benzene rings is 4. The minimum Gasteiger partial charge on any atom is -0.394 e. The van der Waals surface area contributed by atoms with Crippen LogP contribution < -0.4 is 21.3 Å². The molecule has 4 aromatic carbocycles. The van der Waals surface area contributed by atoms with Gasteiger partial charge in [0.15, 0.2) is 88.6 Å². The third-order valence-corrected chi connectivity index (χ3v) is 27.5. The number of anilines is 4. The number of ether oxygens (including phenoxy) is 4. The number of aromatic nitrogens is 20.